The second kappa shape index (κ2) is 11.7. The van der Waals surface area contributed by atoms with Gasteiger partial charge in [-0.25, -0.2) is 0 Å². The highest BCUT2D eigenvalue weighted by atomic mass is 19.4. The molecule has 1 atom stereocenters. The molecule has 0 heterocycles. The average molecular weight is 450 g/mol. The van der Waals surface area contributed by atoms with Crippen LogP contribution in [0.4, 0.5) is 13.2 Å². The monoisotopic (exact) mass is 450 g/mol. The van der Waals surface area contributed by atoms with Gasteiger partial charge in [-0.2, -0.15) is 13.2 Å². The Morgan fingerprint density at radius 1 is 1.12 bits per heavy atom. The summed E-state index contributed by atoms with van der Waals surface area (Å²) in [5.41, 5.74) is 4.00. The minimum Gasteiger partial charge on any atom is -0.493 e. The van der Waals surface area contributed by atoms with Crippen LogP contribution in [0.2, 0.25) is 0 Å². The maximum Gasteiger partial charge on any atom is 0.386 e. The first kappa shape index (κ1) is 25.4. The minimum atomic E-state index is -4.00. The summed E-state index contributed by atoms with van der Waals surface area (Å²) >= 11 is 0. The Bertz CT molecular complexity index is 881. The van der Waals surface area contributed by atoms with Crippen molar-refractivity contribution in [3.8, 4) is 16.9 Å². The number of halogens is 3. The highest BCUT2D eigenvalue weighted by Crippen LogP contribution is 2.37. The van der Waals surface area contributed by atoms with Crippen LogP contribution in [-0.2, 0) is 9.53 Å². The predicted molar refractivity (Wildman–Crippen MR) is 117 cm³/mol. The number of carbonyl (C=O) groups excluding carboxylic acids is 2. The lowest BCUT2D eigenvalue weighted by atomic mass is 9.80. The number of ether oxygens (including phenoxy) is 2. The molecule has 174 valence electrons. The van der Waals surface area contributed by atoms with E-state index in [4.69, 9.17) is 9.47 Å². The van der Waals surface area contributed by atoms with E-state index in [2.05, 4.69) is 24.3 Å². The van der Waals surface area contributed by atoms with Crippen molar-refractivity contribution in [1.82, 2.24) is 0 Å². The molecule has 0 amide bonds. The van der Waals surface area contributed by atoms with E-state index in [1.54, 1.807) is 6.92 Å². The van der Waals surface area contributed by atoms with Crippen molar-refractivity contribution in [3.05, 3.63) is 53.6 Å². The van der Waals surface area contributed by atoms with Crippen LogP contribution in [-0.4, -0.2) is 32.1 Å². The molecule has 0 spiro atoms. The molecule has 1 fully saturated rings. The summed E-state index contributed by atoms with van der Waals surface area (Å²) in [5, 5.41) is 0. The Balaban J connectivity index is 0.000000654. The fourth-order valence-corrected chi connectivity index (χ4v) is 3.31. The molecule has 2 aromatic rings. The maximum absolute atomic E-state index is 11.5. The van der Waals surface area contributed by atoms with E-state index >= 15 is 0 Å². The Labute approximate surface area is 186 Å². The lowest BCUT2D eigenvalue weighted by molar-refractivity contribution is -0.145. The van der Waals surface area contributed by atoms with Gasteiger partial charge in [-0.15, -0.1) is 0 Å². The van der Waals surface area contributed by atoms with Gasteiger partial charge >= 0.3 is 12.1 Å². The molecule has 1 aliphatic rings. The lowest BCUT2D eigenvalue weighted by Gasteiger charge is -2.25. The number of aldehydes is 1. The summed E-state index contributed by atoms with van der Waals surface area (Å²) in [6, 6.07) is 14.3. The molecule has 0 saturated heterocycles. The van der Waals surface area contributed by atoms with Crippen molar-refractivity contribution in [2.75, 3.05) is 13.7 Å². The Morgan fingerprint density at radius 3 is 2.22 bits per heavy atom. The third kappa shape index (κ3) is 8.02. The normalized spacial score (nSPS) is 14.4. The summed E-state index contributed by atoms with van der Waals surface area (Å²) in [7, 11) is 1.38. The van der Waals surface area contributed by atoms with Crippen LogP contribution < -0.4 is 4.74 Å². The molecule has 32 heavy (non-hydrogen) atoms. The second-order valence-electron chi connectivity index (χ2n) is 7.96. The molecule has 1 aliphatic carbocycles. The van der Waals surface area contributed by atoms with Gasteiger partial charge in [0.15, 0.2) is 6.29 Å². The Morgan fingerprint density at radius 2 is 1.72 bits per heavy atom. The predicted octanol–water partition coefficient (Wildman–Crippen LogP) is 6.58. The number of benzene rings is 2. The van der Waals surface area contributed by atoms with Crippen LogP contribution in [0.15, 0.2) is 42.5 Å². The molecule has 1 saturated carbocycles. The van der Waals surface area contributed by atoms with Gasteiger partial charge in [-0.05, 0) is 54.0 Å². The first-order chi connectivity index (χ1) is 15.1. The fraction of sp³-hybridized carbons (Fsp3) is 0.440. The first-order valence-electron chi connectivity index (χ1n) is 10.6. The largest absolute Gasteiger partial charge is 0.493 e. The van der Waals surface area contributed by atoms with Crippen molar-refractivity contribution >= 4 is 12.3 Å². The van der Waals surface area contributed by atoms with E-state index in [0.29, 0.717) is 30.3 Å². The number of alkyl halides is 3. The summed E-state index contributed by atoms with van der Waals surface area (Å²) < 4.78 is 41.5. The molecular formula is C25H29F3O4. The summed E-state index contributed by atoms with van der Waals surface area (Å²) in [5.74, 6) is 0.766. The van der Waals surface area contributed by atoms with Crippen molar-refractivity contribution in [3.63, 3.8) is 0 Å². The van der Waals surface area contributed by atoms with Crippen molar-refractivity contribution in [2.24, 2.45) is 5.92 Å². The topological polar surface area (TPSA) is 52.6 Å². The van der Waals surface area contributed by atoms with Crippen LogP contribution in [0.3, 0.4) is 0 Å². The van der Waals surface area contributed by atoms with Crippen LogP contribution in [0, 0.1) is 5.92 Å². The highest BCUT2D eigenvalue weighted by molar-refractivity contribution is 5.83. The molecule has 0 aliphatic heterocycles. The van der Waals surface area contributed by atoms with Crippen LogP contribution in [0.1, 0.15) is 61.4 Å². The van der Waals surface area contributed by atoms with E-state index in [9.17, 15) is 22.8 Å². The van der Waals surface area contributed by atoms with Crippen LogP contribution in [0.5, 0.6) is 5.75 Å². The smallest absolute Gasteiger partial charge is 0.386 e. The standard InChI is InChI=1S/C23H26O4.C2H3F3/c1-16(23(25)26-2)12-13-27-22-11-10-20(14-21(22)15-24)19-8-6-18(7-9-19)17-4-3-5-17;1-2(3,4)5/h6-11,14-17H,3-5,12-13H2,1-2H3;1H3. The van der Waals surface area contributed by atoms with Crippen molar-refractivity contribution in [1.29, 1.82) is 0 Å². The number of hydrogen-bond acceptors (Lipinski definition) is 4. The quantitative estimate of drug-likeness (QED) is 0.337. The van der Waals surface area contributed by atoms with E-state index in [0.717, 1.165) is 17.4 Å². The number of rotatable bonds is 8. The molecule has 0 radical (unpaired) electrons. The third-order valence-corrected chi connectivity index (χ3v) is 5.37. The Hall–Kier alpha value is -2.83. The van der Waals surface area contributed by atoms with E-state index < -0.39 is 6.18 Å². The van der Waals surface area contributed by atoms with Crippen LogP contribution in [0.25, 0.3) is 11.1 Å². The van der Waals surface area contributed by atoms with E-state index in [1.807, 2.05) is 18.2 Å². The summed E-state index contributed by atoms with van der Waals surface area (Å²) in [6.45, 7) is 2.34. The van der Waals surface area contributed by atoms with Gasteiger partial charge in [-0.1, -0.05) is 43.7 Å². The van der Waals surface area contributed by atoms with E-state index in [-0.39, 0.29) is 18.8 Å². The number of methoxy groups -OCH3 is 1. The van der Waals surface area contributed by atoms with Gasteiger partial charge in [0.2, 0.25) is 0 Å². The zero-order valence-corrected chi connectivity index (χ0v) is 18.6. The van der Waals surface area contributed by atoms with Crippen LogP contribution >= 0.6 is 0 Å². The molecule has 1 unspecified atom stereocenters. The molecule has 4 nitrogen and oxygen atoms in total. The zero-order chi connectivity index (χ0) is 23.7. The molecule has 2 aromatic carbocycles. The van der Waals surface area contributed by atoms with Gasteiger partial charge in [0.25, 0.3) is 0 Å². The molecule has 0 aromatic heterocycles. The zero-order valence-electron chi connectivity index (χ0n) is 18.6. The number of carbonyl (C=O) groups is 2. The summed E-state index contributed by atoms with van der Waals surface area (Å²) in [6.07, 6.45) is 1.25. The average Bonchev–Trinajstić information content (AvgIpc) is 2.71. The van der Waals surface area contributed by atoms with Crippen molar-refractivity contribution in [2.45, 2.75) is 51.6 Å². The fourth-order valence-electron chi connectivity index (χ4n) is 3.31. The molecule has 3 rings (SSSR count). The lowest BCUT2D eigenvalue weighted by Crippen LogP contribution is -2.15. The highest BCUT2D eigenvalue weighted by Gasteiger charge is 2.19. The second-order valence-corrected chi connectivity index (χ2v) is 7.96. The van der Waals surface area contributed by atoms with E-state index in [1.165, 1.54) is 31.9 Å². The SMILES string of the molecule is CC(F)(F)F.COC(=O)C(C)CCOc1ccc(-c2ccc(C3CCC3)cc2)cc1C=O. The van der Waals surface area contributed by atoms with Gasteiger partial charge in [0.1, 0.15) is 5.75 Å². The number of hydrogen-bond donors (Lipinski definition) is 0. The van der Waals surface area contributed by atoms with Gasteiger partial charge in [0.05, 0.1) is 25.2 Å². The first-order valence-corrected chi connectivity index (χ1v) is 10.6. The van der Waals surface area contributed by atoms with Gasteiger partial charge in [-0.3, -0.25) is 9.59 Å². The third-order valence-electron chi connectivity index (χ3n) is 5.37. The molecule has 7 heteroatoms. The van der Waals surface area contributed by atoms with Gasteiger partial charge in [0, 0.05) is 6.92 Å². The maximum atomic E-state index is 11.5. The molecular weight excluding hydrogens is 421 g/mol. The van der Waals surface area contributed by atoms with Crippen molar-refractivity contribution < 1.29 is 32.2 Å². The summed E-state index contributed by atoms with van der Waals surface area (Å²) in [4.78, 5) is 22.9. The molecule has 0 bridgehead atoms. The molecule has 0 N–H and O–H groups in total. The number of esters is 1. The Kier molecular flexibility index (Phi) is 9.29. The minimum absolute atomic E-state index is 0.188. The van der Waals surface area contributed by atoms with Gasteiger partial charge < -0.3 is 9.47 Å².